The molecule has 11 heteroatoms. The first-order chi connectivity index (χ1) is 16.8. The molecule has 178 valence electrons. The number of carboxylic acid groups (broad SMARTS) is 1. The predicted octanol–water partition coefficient (Wildman–Crippen LogP) is 4.37. The Balaban J connectivity index is 1.43. The van der Waals surface area contributed by atoms with Crippen LogP contribution in [0.3, 0.4) is 0 Å². The fourth-order valence-corrected chi connectivity index (χ4v) is 3.78. The third kappa shape index (κ3) is 5.46. The average Bonchev–Trinajstić information content (AvgIpc) is 3.19. The Labute approximate surface area is 206 Å². The van der Waals surface area contributed by atoms with Crippen LogP contribution in [-0.2, 0) is 0 Å². The van der Waals surface area contributed by atoms with E-state index in [1.165, 1.54) is 42.5 Å². The van der Waals surface area contributed by atoms with E-state index >= 15 is 0 Å². The van der Waals surface area contributed by atoms with Gasteiger partial charge in [0.25, 0.3) is 0 Å². The Morgan fingerprint density at radius 2 is 1.86 bits per heavy atom. The first-order valence-electron chi connectivity index (χ1n) is 10.3. The van der Waals surface area contributed by atoms with Crippen molar-refractivity contribution in [2.45, 2.75) is 0 Å². The van der Waals surface area contributed by atoms with Gasteiger partial charge in [-0.05, 0) is 70.5 Å². The van der Waals surface area contributed by atoms with Gasteiger partial charge in [0, 0.05) is 11.8 Å². The molecule has 0 saturated carbocycles. The fourth-order valence-electron chi connectivity index (χ4n) is 3.29. The van der Waals surface area contributed by atoms with Crippen LogP contribution in [0, 0.1) is 5.82 Å². The van der Waals surface area contributed by atoms with Gasteiger partial charge in [-0.25, -0.2) is 19.0 Å². The lowest BCUT2D eigenvalue weighted by molar-refractivity contribution is 0.0698. The fraction of sp³-hybridized carbons (Fsp3) is 0.0833. The number of imidazole rings is 1. The molecule has 0 unspecified atom stereocenters. The number of nitrogens with zero attached hydrogens (tertiary/aromatic N) is 2. The number of pyridine rings is 1. The molecule has 0 aliphatic heterocycles. The molecule has 9 nitrogen and oxygen atoms in total. The first kappa shape index (κ1) is 23.9. The molecule has 0 saturated heterocycles. The van der Waals surface area contributed by atoms with Gasteiger partial charge in [-0.2, -0.15) is 0 Å². The van der Waals surface area contributed by atoms with Crippen LogP contribution in [0.15, 0.2) is 71.5 Å². The van der Waals surface area contributed by atoms with Gasteiger partial charge in [0.2, 0.25) is 5.78 Å². The van der Waals surface area contributed by atoms with Gasteiger partial charge in [-0.3, -0.25) is 9.20 Å². The lowest BCUT2D eigenvalue weighted by atomic mass is 10.0. The maximum Gasteiger partial charge on any atom is 0.337 e. The van der Waals surface area contributed by atoms with Gasteiger partial charge in [0.1, 0.15) is 22.8 Å². The molecule has 2 heterocycles. The maximum absolute atomic E-state index is 13.1. The SMILES string of the molecule is O=C(NCCOc1ccc(F)cc1)Nc1ccc(C(=O)c2nc(Br)c3ccccn23)cc1C(=O)O. The number of hydrogen-bond acceptors (Lipinski definition) is 5. The summed E-state index contributed by atoms with van der Waals surface area (Å²) in [5.74, 6) is -1.62. The van der Waals surface area contributed by atoms with Crippen molar-refractivity contribution in [2.24, 2.45) is 0 Å². The molecular weight excluding hydrogens is 523 g/mol. The average molecular weight is 541 g/mol. The van der Waals surface area contributed by atoms with Crippen LogP contribution in [0.4, 0.5) is 14.9 Å². The number of carboxylic acids is 1. The van der Waals surface area contributed by atoms with E-state index in [-0.39, 0.29) is 41.6 Å². The largest absolute Gasteiger partial charge is 0.492 e. The summed E-state index contributed by atoms with van der Waals surface area (Å²) in [7, 11) is 0. The minimum absolute atomic E-state index is 0.0140. The summed E-state index contributed by atoms with van der Waals surface area (Å²) in [6.45, 7) is 0.232. The molecule has 0 aliphatic carbocycles. The number of halogens is 2. The number of hydrogen-bond donors (Lipinski definition) is 3. The van der Waals surface area contributed by atoms with Crippen molar-refractivity contribution in [3.8, 4) is 5.75 Å². The third-order valence-corrected chi connectivity index (χ3v) is 5.52. The van der Waals surface area contributed by atoms with E-state index in [1.807, 2.05) is 0 Å². The highest BCUT2D eigenvalue weighted by Gasteiger charge is 2.21. The molecule has 0 radical (unpaired) electrons. The number of nitrogens with one attached hydrogen (secondary N) is 2. The topological polar surface area (TPSA) is 122 Å². The first-order valence-corrected chi connectivity index (χ1v) is 11.1. The van der Waals surface area contributed by atoms with Crippen molar-refractivity contribution in [1.29, 1.82) is 0 Å². The van der Waals surface area contributed by atoms with Crippen molar-refractivity contribution in [1.82, 2.24) is 14.7 Å². The molecule has 2 aromatic carbocycles. The number of anilines is 1. The zero-order valence-corrected chi connectivity index (χ0v) is 19.6. The number of amides is 2. The Hall–Kier alpha value is -4.25. The van der Waals surface area contributed by atoms with Crippen LogP contribution >= 0.6 is 15.9 Å². The van der Waals surface area contributed by atoms with Gasteiger partial charge in [-0.15, -0.1) is 0 Å². The molecule has 0 atom stereocenters. The molecule has 35 heavy (non-hydrogen) atoms. The lowest BCUT2D eigenvalue weighted by Crippen LogP contribution is -2.32. The van der Waals surface area contributed by atoms with E-state index in [0.29, 0.717) is 15.9 Å². The molecule has 2 amide bonds. The normalized spacial score (nSPS) is 10.7. The van der Waals surface area contributed by atoms with Crippen LogP contribution in [0.2, 0.25) is 0 Å². The van der Waals surface area contributed by atoms with Gasteiger partial charge >= 0.3 is 12.0 Å². The van der Waals surface area contributed by atoms with E-state index in [1.54, 1.807) is 28.8 Å². The second kappa shape index (κ2) is 10.3. The van der Waals surface area contributed by atoms with E-state index in [4.69, 9.17) is 4.74 Å². The van der Waals surface area contributed by atoms with Crippen LogP contribution in [0.5, 0.6) is 5.75 Å². The number of urea groups is 1. The van der Waals surface area contributed by atoms with Crippen molar-refractivity contribution in [3.05, 3.63) is 94.2 Å². The smallest absolute Gasteiger partial charge is 0.337 e. The summed E-state index contributed by atoms with van der Waals surface area (Å²) in [5.41, 5.74) is 0.547. The molecule has 0 fully saturated rings. The molecule has 2 aromatic heterocycles. The number of fused-ring (bicyclic) bond motifs is 1. The molecule has 0 bridgehead atoms. The third-order valence-electron chi connectivity index (χ3n) is 4.94. The molecule has 0 aliphatic rings. The number of carbonyl (C=O) groups is 3. The standard InChI is InChI=1S/C24H18BrFN4O5/c25-21-19-3-1-2-11-30(19)22(29-21)20(31)14-4-9-18(17(13-14)23(32)33)28-24(34)27-10-12-35-16-7-5-15(26)6-8-16/h1-9,11,13H,10,12H2,(H,32,33)(H2,27,28,34). The van der Waals surface area contributed by atoms with Crippen LogP contribution < -0.4 is 15.4 Å². The highest BCUT2D eigenvalue weighted by Crippen LogP contribution is 2.23. The second-order valence-electron chi connectivity index (χ2n) is 7.26. The lowest BCUT2D eigenvalue weighted by Gasteiger charge is -2.12. The minimum atomic E-state index is -1.32. The highest BCUT2D eigenvalue weighted by molar-refractivity contribution is 9.10. The predicted molar refractivity (Wildman–Crippen MR) is 129 cm³/mol. The highest BCUT2D eigenvalue weighted by atomic mass is 79.9. The summed E-state index contributed by atoms with van der Waals surface area (Å²) < 4.78 is 20.4. The zero-order chi connectivity index (χ0) is 24.9. The Bertz CT molecular complexity index is 1420. The molecule has 4 aromatic rings. The van der Waals surface area contributed by atoms with Crippen molar-refractivity contribution in [3.63, 3.8) is 0 Å². The Morgan fingerprint density at radius 3 is 2.60 bits per heavy atom. The number of aromatic carboxylic acids is 1. The summed E-state index contributed by atoms with van der Waals surface area (Å²) >= 11 is 3.32. The van der Waals surface area contributed by atoms with E-state index in [2.05, 4.69) is 31.5 Å². The number of ketones is 1. The quantitative estimate of drug-likeness (QED) is 0.225. The summed E-state index contributed by atoms with van der Waals surface area (Å²) in [5, 5.41) is 14.6. The minimum Gasteiger partial charge on any atom is -0.492 e. The molecular formula is C24H18BrFN4O5. The Kier molecular flexibility index (Phi) is 7.06. The number of carbonyl (C=O) groups excluding carboxylic acids is 2. The van der Waals surface area contributed by atoms with E-state index in [9.17, 15) is 23.9 Å². The monoisotopic (exact) mass is 540 g/mol. The van der Waals surface area contributed by atoms with Crippen LogP contribution in [0.25, 0.3) is 5.52 Å². The second-order valence-corrected chi connectivity index (χ2v) is 8.01. The summed E-state index contributed by atoms with van der Waals surface area (Å²) in [6, 6.07) is 14.1. The van der Waals surface area contributed by atoms with Crippen molar-refractivity contribution < 1.29 is 28.6 Å². The number of ether oxygens (including phenoxy) is 1. The zero-order valence-electron chi connectivity index (χ0n) is 18.0. The molecule has 4 rings (SSSR count). The summed E-state index contributed by atoms with van der Waals surface area (Å²) in [6.07, 6.45) is 1.68. The van der Waals surface area contributed by atoms with Gasteiger partial charge < -0.3 is 20.5 Å². The molecule has 0 spiro atoms. The maximum atomic E-state index is 13.1. The number of rotatable bonds is 8. The van der Waals surface area contributed by atoms with E-state index in [0.717, 1.165) is 0 Å². The van der Waals surface area contributed by atoms with Crippen molar-refractivity contribution >= 4 is 44.9 Å². The van der Waals surface area contributed by atoms with Gasteiger partial charge in [0.15, 0.2) is 5.82 Å². The van der Waals surface area contributed by atoms with Crippen LogP contribution in [0.1, 0.15) is 26.5 Å². The Morgan fingerprint density at radius 1 is 1.09 bits per heavy atom. The van der Waals surface area contributed by atoms with Crippen molar-refractivity contribution in [2.75, 3.05) is 18.5 Å². The number of aromatic nitrogens is 2. The van der Waals surface area contributed by atoms with Crippen LogP contribution in [-0.4, -0.2) is 45.4 Å². The van der Waals surface area contributed by atoms with Gasteiger partial charge in [0.05, 0.1) is 23.3 Å². The summed E-state index contributed by atoms with van der Waals surface area (Å²) in [4.78, 5) is 41.4. The van der Waals surface area contributed by atoms with Gasteiger partial charge in [-0.1, -0.05) is 6.07 Å². The number of benzene rings is 2. The molecule has 3 N–H and O–H groups in total. The van der Waals surface area contributed by atoms with E-state index < -0.39 is 17.8 Å².